The van der Waals surface area contributed by atoms with Crippen LogP contribution in [0.1, 0.15) is 55.1 Å². The average molecular weight is 582 g/mol. The normalized spacial score (nSPS) is 16.1. The van der Waals surface area contributed by atoms with E-state index in [0.29, 0.717) is 29.3 Å². The molecule has 0 bridgehead atoms. The first-order chi connectivity index (χ1) is 20.5. The molecular weight excluding hydrogens is 546 g/mol. The lowest BCUT2D eigenvalue weighted by atomic mass is 10.0. The van der Waals surface area contributed by atoms with Crippen LogP contribution in [0.4, 0.5) is 10.8 Å². The number of pyridine rings is 1. The average Bonchev–Trinajstić information content (AvgIpc) is 3.36. The molecule has 0 spiro atoms. The van der Waals surface area contributed by atoms with Crippen molar-refractivity contribution in [1.82, 2.24) is 14.8 Å². The van der Waals surface area contributed by atoms with Gasteiger partial charge in [-0.25, -0.2) is 9.78 Å². The Morgan fingerprint density at radius 2 is 1.55 bits per heavy atom. The number of nitrogens with one attached hydrogen (secondary N) is 2. The predicted molar refractivity (Wildman–Crippen MR) is 166 cm³/mol. The lowest BCUT2D eigenvalue weighted by Crippen LogP contribution is -2.39. The molecule has 4 aromatic rings. The van der Waals surface area contributed by atoms with Gasteiger partial charge in [0.15, 0.2) is 0 Å². The van der Waals surface area contributed by atoms with Crippen molar-refractivity contribution < 1.29 is 14.7 Å². The molecule has 2 aliphatic heterocycles. The third-order valence-corrected chi connectivity index (χ3v) is 9.19. The Balaban J connectivity index is 1.12. The first-order valence-corrected chi connectivity index (χ1v) is 15.3. The number of carbonyl (C=O) groups excluding carboxylic acids is 1. The molecule has 0 unspecified atom stereocenters. The minimum Gasteiger partial charge on any atom is -0.478 e. The van der Waals surface area contributed by atoms with E-state index in [1.54, 1.807) is 18.3 Å². The molecule has 9 heteroatoms. The van der Waals surface area contributed by atoms with Crippen LogP contribution in [0.5, 0.6) is 0 Å². The summed E-state index contributed by atoms with van der Waals surface area (Å²) in [5.41, 5.74) is 4.00. The van der Waals surface area contributed by atoms with E-state index >= 15 is 0 Å². The van der Waals surface area contributed by atoms with Gasteiger partial charge < -0.3 is 15.7 Å². The molecule has 0 atom stereocenters. The van der Waals surface area contributed by atoms with Crippen LogP contribution in [-0.4, -0.2) is 57.4 Å². The van der Waals surface area contributed by atoms with E-state index < -0.39 is 5.97 Å². The third-order valence-electron chi connectivity index (χ3n) is 8.06. The Labute approximate surface area is 250 Å². The zero-order valence-electron chi connectivity index (χ0n) is 23.5. The largest absolute Gasteiger partial charge is 0.478 e. The maximum Gasteiger partial charge on any atom is 0.339 e. The smallest absolute Gasteiger partial charge is 0.339 e. The fourth-order valence-corrected chi connectivity index (χ4v) is 7.17. The van der Waals surface area contributed by atoms with Gasteiger partial charge in [-0.15, -0.1) is 11.3 Å². The van der Waals surface area contributed by atoms with E-state index in [9.17, 15) is 14.7 Å². The number of hydrogen-bond donors (Lipinski definition) is 3. The van der Waals surface area contributed by atoms with Gasteiger partial charge in [0, 0.05) is 56.4 Å². The van der Waals surface area contributed by atoms with E-state index in [1.165, 1.54) is 22.5 Å². The SMILES string of the molecule is O=C(Nc1sc2c(c1C(=O)O)CCN(Cc1ccccc1)C2)c1cccnc1NC1CCN(Cc2ccccc2)CC1. The van der Waals surface area contributed by atoms with Crippen molar-refractivity contribution in [1.29, 1.82) is 0 Å². The second-order valence-electron chi connectivity index (χ2n) is 11.0. The number of likely N-dealkylation sites (tertiary alicyclic amines) is 1. The van der Waals surface area contributed by atoms with Gasteiger partial charge in [-0.1, -0.05) is 60.7 Å². The Kier molecular flexibility index (Phi) is 8.60. The van der Waals surface area contributed by atoms with Crippen LogP contribution < -0.4 is 10.6 Å². The summed E-state index contributed by atoms with van der Waals surface area (Å²) in [6, 6.07) is 24.5. The number of rotatable bonds is 9. The number of carbonyl (C=O) groups is 2. The summed E-state index contributed by atoms with van der Waals surface area (Å²) >= 11 is 1.37. The molecule has 2 aromatic carbocycles. The van der Waals surface area contributed by atoms with Gasteiger partial charge in [0.2, 0.25) is 0 Å². The number of nitrogens with zero attached hydrogens (tertiary/aromatic N) is 3. The van der Waals surface area contributed by atoms with Gasteiger partial charge in [-0.05, 0) is 48.1 Å². The first kappa shape index (κ1) is 28.1. The minimum atomic E-state index is -1.01. The van der Waals surface area contributed by atoms with E-state index in [-0.39, 0.29) is 17.5 Å². The van der Waals surface area contributed by atoms with E-state index in [1.807, 2.05) is 24.3 Å². The van der Waals surface area contributed by atoms with Crippen molar-refractivity contribution >= 4 is 34.0 Å². The second kappa shape index (κ2) is 12.9. The summed E-state index contributed by atoms with van der Waals surface area (Å²) in [6.45, 7) is 5.10. The Morgan fingerprint density at radius 1 is 0.881 bits per heavy atom. The molecule has 6 rings (SSSR count). The monoisotopic (exact) mass is 581 g/mol. The van der Waals surface area contributed by atoms with Gasteiger partial charge in [0.1, 0.15) is 10.8 Å². The Bertz CT molecular complexity index is 1530. The fourth-order valence-electron chi connectivity index (χ4n) is 5.89. The molecule has 2 aromatic heterocycles. The summed E-state index contributed by atoms with van der Waals surface area (Å²) in [6.07, 6.45) is 4.21. The molecule has 1 amide bonds. The van der Waals surface area contributed by atoms with Crippen LogP contribution in [0.15, 0.2) is 79.0 Å². The van der Waals surface area contributed by atoms with E-state index in [0.717, 1.165) is 56.0 Å². The molecule has 1 fully saturated rings. The van der Waals surface area contributed by atoms with Crippen molar-refractivity contribution in [3.8, 4) is 0 Å². The molecule has 0 aliphatic carbocycles. The van der Waals surface area contributed by atoms with Gasteiger partial charge in [0.25, 0.3) is 5.91 Å². The number of anilines is 2. The maximum absolute atomic E-state index is 13.5. The molecule has 2 aliphatic rings. The molecule has 0 saturated carbocycles. The van der Waals surface area contributed by atoms with Crippen LogP contribution in [0.2, 0.25) is 0 Å². The number of carboxylic acids is 1. The quantitative estimate of drug-likeness (QED) is 0.232. The van der Waals surface area contributed by atoms with Crippen LogP contribution in [0, 0.1) is 0 Å². The van der Waals surface area contributed by atoms with Gasteiger partial charge >= 0.3 is 5.97 Å². The molecule has 3 N–H and O–H groups in total. The van der Waals surface area contributed by atoms with Crippen LogP contribution in [-0.2, 0) is 26.1 Å². The van der Waals surface area contributed by atoms with E-state index in [2.05, 4.69) is 61.8 Å². The number of benzene rings is 2. The summed E-state index contributed by atoms with van der Waals surface area (Å²) in [5.74, 6) is -0.829. The lowest BCUT2D eigenvalue weighted by molar-refractivity contribution is 0.0696. The highest BCUT2D eigenvalue weighted by Crippen LogP contribution is 2.38. The molecule has 1 saturated heterocycles. The molecule has 4 heterocycles. The zero-order valence-corrected chi connectivity index (χ0v) is 24.3. The zero-order chi connectivity index (χ0) is 28.9. The van der Waals surface area contributed by atoms with Crippen molar-refractivity contribution in [3.63, 3.8) is 0 Å². The number of hydrogen-bond acceptors (Lipinski definition) is 7. The molecular formula is C33H35N5O3S. The topological polar surface area (TPSA) is 97.8 Å². The Morgan fingerprint density at radius 3 is 2.21 bits per heavy atom. The molecule has 216 valence electrons. The molecule has 0 radical (unpaired) electrons. The number of fused-ring (bicyclic) bond motifs is 1. The summed E-state index contributed by atoms with van der Waals surface area (Å²) in [7, 11) is 0. The Hall–Kier alpha value is -4.05. The number of aromatic nitrogens is 1. The highest BCUT2D eigenvalue weighted by molar-refractivity contribution is 7.17. The van der Waals surface area contributed by atoms with Crippen molar-refractivity contribution in [2.45, 2.75) is 44.9 Å². The minimum absolute atomic E-state index is 0.206. The third kappa shape index (κ3) is 6.54. The number of amides is 1. The van der Waals surface area contributed by atoms with Gasteiger partial charge in [-0.2, -0.15) is 0 Å². The lowest BCUT2D eigenvalue weighted by Gasteiger charge is -2.32. The number of aromatic carboxylic acids is 1. The maximum atomic E-state index is 13.5. The summed E-state index contributed by atoms with van der Waals surface area (Å²) in [4.78, 5) is 36.1. The summed E-state index contributed by atoms with van der Waals surface area (Å²) in [5, 5.41) is 16.9. The number of carboxylic acid groups (broad SMARTS) is 1. The van der Waals surface area contributed by atoms with Gasteiger partial charge in [-0.3, -0.25) is 14.6 Å². The van der Waals surface area contributed by atoms with Crippen molar-refractivity contribution in [2.24, 2.45) is 0 Å². The highest BCUT2D eigenvalue weighted by Gasteiger charge is 2.29. The highest BCUT2D eigenvalue weighted by atomic mass is 32.1. The van der Waals surface area contributed by atoms with E-state index in [4.69, 9.17) is 0 Å². The van der Waals surface area contributed by atoms with Crippen LogP contribution in [0.25, 0.3) is 0 Å². The van der Waals surface area contributed by atoms with Crippen LogP contribution in [0.3, 0.4) is 0 Å². The second-order valence-corrected chi connectivity index (χ2v) is 12.1. The number of piperidine rings is 1. The van der Waals surface area contributed by atoms with Gasteiger partial charge in [0.05, 0.1) is 11.1 Å². The first-order valence-electron chi connectivity index (χ1n) is 14.5. The summed E-state index contributed by atoms with van der Waals surface area (Å²) < 4.78 is 0. The van der Waals surface area contributed by atoms with Crippen LogP contribution >= 0.6 is 11.3 Å². The molecule has 8 nitrogen and oxygen atoms in total. The molecule has 42 heavy (non-hydrogen) atoms. The number of thiophene rings is 1. The predicted octanol–water partition coefficient (Wildman–Crippen LogP) is 5.73. The standard InChI is InChI=1S/C33H35N5O3S/c39-31(27-12-7-16-34-30(27)35-25-13-17-37(18-14-25)20-23-8-3-1-4-9-23)36-32-29(33(40)41)26-15-19-38(22-28(26)42-32)21-24-10-5-2-6-11-24/h1-12,16,25H,13-15,17-22H2,(H,34,35)(H,36,39)(H,40,41). The fraction of sp³-hybridized carbons (Fsp3) is 0.303. The van der Waals surface area contributed by atoms with Crippen molar-refractivity contribution in [3.05, 3.63) is 112 Å². The van der Waals surface area contributed by atoms with Crippen molar-refractivity contribution in [2.75, 3.05) is 30.3 Å².